The molecule has 2 atom stereocenters. The summed E-state index contributed by atoms with van der Waals surface area (Å²) in [6.07, 6.45) is 3.21. The molecule has 1 rings (SSSR count). The molecule has 1 aliphatic rings. The topological polar surface area (TPSA) is 69.1 Å². The summed E-state index contributed by atoms with van der Waals surface area (Å²) >= 11 is 1.75. The molecule has 1 amide bonds. The zero-order valence-corrected chi connectivity index (χ0v) is 9.77. The summed E-state index contributed by atoms with van der Waals surface area (Å²) in [6.45, 7) is 4.29. The van der Waals surface area contributed by atoms with Crippen LogP contribution in [0.15, 0.2) is 0 Å². The monoisotopic (exact) mass is 216 g/mol. The lowest BCUT2D eigenvalue weighted by Gasteiger charge is -2.26. The molecule has 3 nitrogen and oxygen atoms in total. The molecule has 0 bridgehead atoms. The van der Waals surface area contributed by atoms with Crippen LogP contribution in [0.2, 0.25) is 0 Å². The van der Waals surface area contributed by atoms with Gasteiger partial charge in [-0.05, 0) is 25.2 Å². The van der Waals surface area contributed by atoms with Gasteiger partial charge in [0, 0.05) is 11.0 Å². The molecule has 0 spiro atoms. The molecule has 0 aliphatic heterocycles. The highest BCUT2D eigenvalue weighted by molar-refractivity contribution is 8.00. The van der Waals surface area contributed by atoms with E-state index in [9.17, 15) is 4.79 Å². The normalized spacial score (nSPS) is 22.8. The number of hydrogen-bond donors (Lipinski definition) is 2. The Hall–Kier alpha value is -0.220. The first kappa shape index (κ1) is 11.9. The lowest BCUT2D eigenvalue weighted by Crippen LogP contribution is -2.56. The smallest absolute Gasteiger partial charge is 0.238 e. The summed E-state index contributed by atoms with van der Waals surface area (Å²) in [5.41, 5.74) is 10.7. The van der Waals surface area contributed by atoms with Crippen molar-refractivity contribution < 1.29 is 4.79 Å². The van der Waals surface area contributed by atoms with E-state index in [4.69, 9.17) is 11.5 Å². The molecular formula is C10H20N2OS. The van der Waals surface area contributed by atoms with Gasteiger partial charge >= 0.3 is 0 Å². The van der Waals surface area contributed by atoms with E-state index in [1.807, 2.05) is 0 Å². The lowest BCUT2D eigenvalue weighted by molar-refractivity contribution is -0.123. The van der Waals surface area contributed by atoms with E-state index in [0.29, 0.717) is 16.9 Å². The van der Waals surface area contributed by atoms with Gasteiger partial charge in [0.15, 0.2) is 0 Å². The SMILES string of the molecule is CCC(C)SCC(N)(C(N)=O)C1CC1. The molecule has 4 N–H and O–H groups in total. The Morgan fingerprint density at radius 3 is 2.57 bits per heavy atom. The van der Waals surface area contributed by atoms with Gasteiger partial charge in [0.1, 0.15) is 5.54 Å². The molecule has 0 aromatic heterocycles. The van der Waals surface area contributed by atoms with Crippen LogP contribution in [0, 0.1) is 5.92 Å². The molecule has 1 saturated carbocycles. The average molecular weight is 216 g/mol. The molecule has 82 valence electrons. The van der Waals surface area contributed by atoms with Crippen molar-refractivity contribution in [2.45, 2.75) is 43.9 Å². The minimum atomic E-state index is -0.756. The fraction of sp³-hybridized carbons (Fsp3) is 0.900. The van der Waals surface area contributed by atoms with Crippen LogP contribution >= 0.6 is 11.8 Å². The van der Waals surface area contributed by atoms with Crippen molar-refractivity contribution in [3.63, 3.8) is 0 Å². The summed E-state index contributed by atoms with van der Waals surface area (Å²) in [7, 11) is 0. The summed E-state index contributed by atoms with van der Waals surface area (Å²) in [5, 5.41) is 0.552. The molecule has 0 aromatic carbocycles. The van der Waals surface area contributed by atoms with E-state index < -0.39 is 5.54 Å². The Bertz CT molecular complexity index is 218. The lowest BCUT2D eigenvalue weighted by atomic mass is 9.96. The molecule has 0 saturated heterocycles. The van der Waals surface area contributed by atoms with Gasteiger partial charge in [-0.2, -0.15) is 11.8 Å². The molecular weight excluding hydrogens is 196 g/mol. The van der Waals surface area contributed by atoms with E-state index in [0.717, 1.165) is 19.3 Å². The maximum atomic E-state index is 11.3. The molecule has 0 radical (unpaired) electrons. The predicted octanol–water partition coefficient (Wildman–Crippen LogP) is 1.11. The first-order valence-electron chi connectivity index (χ1n) is 5.21. The maximum absolute atomic E-state index is 11.3. The standard InChI is InChI=1S/C10H20N2OS/c1-3-7(2)14-6-10(12,9(11)13)8-4-5-8/h7-8H,3-6,12H2,1-2H3,(H2,11,13). The molecule has 0 heterocycles. The van der Waals surface area contributed by atoms with Crippen LogP contribution < -0.4 is 11.5 Å². The number of rotatable bonds is 6. The summed E-state index contributed by atoms with van der Waals surface area (Å²) in [4.78, 5) is 11.3. The number of thioether (sulfide) groups is 1. The molecule has 0 aromatic rings. The molecule has 4 heteroatoms. The van der Waals surface area contributed by atoms with Crippen molar-refractivity contribution in [2.75, 3.05) is 5.75 Å². The van der Waals surface area contributed by atoms with Crippen LogP contribution in [0.5, 0.6) is 0 Å². The van der Waals surface area contributed by atoms with Gasteiger partial charge in [-0.1, -0.05) is 13.8 Å². The zero-order valence-electron chi connectivity index (χ0n) is 8.95. The Morgan fingerprint density at radius 2 is 2.21 bits per heavy atom. The van der Waals surface area contributed by atoms with Crippen LogP contribution in [-0.4, -0.2) is 22.4 Å². The number of hydrogen-bond acceptors (Lipinski definition) is 3. The van der Waals surface area contributed by atoms with Crippen molar-refractivity contribution in [3.05, 3.63) is 0 Å². The van der Waals surface area contributed by atoms with E-state index in [1.54, 1.807) is 11.8 Å². The summed E-state index contributed by atoms with van der Waals surface area (Å²) < 4.78 is 0. The minimum absolute atomic E-state index is 0.330. The van der Waals surface area contributed by atoms with Gasteiger partial charge < -0.3 is 11.5 Å². The second kappa shape index (κ2) is 4.53. The van der Waals surface area contributed by atoms with Gasteiger partial charge in [-0.3, -0.25) is 4.79 Å². The third-order valence-electron chi connectivity index (χ3n) is 2.95. The fourth-order valence-electron chi connectivity index (χ4n) is 1.39. The number of primary amides is 1. The number of carbonyl (C=O) groups excluding carboxylic acids is 1. The quantitative estimate of drug-likeness (QED) is 0.699. The molecule has 1 fully saturated rings. The van der Waals surface area contributed by atoms with Gasteiger partial charge in [0.2, 0.25) is 5.91 Å². The molecule has 14 heavy (non-hydrogen) atoms. The second-order valence-corrected chi connectivity index (χ2v) is 5.64. The van der Waals surface area contributed by atoms with Crippen LogP contribution in [0.4, 0.5) is 0 Å². The van der Waals surface area contributed by atoms with E-state index >= 15 is 0 Å². The second-order valence-electron chi connectivity index (χ2n) is 4.21. The largest absolute Gasteiger partial charge is 0.368 e. The van der Waals surface area contributed by atoms with Gasteiger partial charge in [-0.25, -0.2) is 0 Å². The average Bonchev–Trinajstić information content (AvgIpc) is 2.96. The van der Waals surface area contributed by atoms with Crippen molar-refractivity contribution >= 4 is 17.7 Å². The first-order valence-corrected chi connectivity index (χ1v) is 6.26. The Labute approximate surface area is 90.0 Å². The fourth-order valence-corrected chi connectivity index (χ4v) is 2.56. The van der Waals surface area contributed by atoms with E-state index in [2.05, 4.69) is 13.8 Å². The highest BCUT2D eigenvalue weighted by Gasteiger charge is 2.46. The third-order valence-corrected chi connectivity index (χ3v) is 4.49. The van der Waals surface area contributed by atoms with Crippen LogP contribution in [0.1, 0.15) is 33.1 Å². The number of nitrogens with two attached hydrogens (primary N) is 2. The van der Waals surface area contributed by atoms with Gasteiger partial charge in [0.25, 0.3) is 0 Å². The van der Waals surface area contributed by atoms with Crippen LogP contribution in [0.25, 0.3) is 0 Å². The first-order chi connectivity index (χ1) is 6.50. The van der Waals surface area contributed by atoms with Gasteiger partial charge in [-0.15, -0.1) is 0 Å². The van der Waals surface area contributed by atoms with Crippen molar-refractivity contribution in [3.8, 4) is 0 Å². The summed E-state index contributed by atoms with van der Waals surface area (Å²) in [6, 6.07) is 0. The van der Waals surface area contributed by atoms with Crippen molar-refractivity contribution in [2.24, 2.45) is 17.4 Å². The number of amides is 1. The Morgan fingerprint density at radius 1 is 1.64 bits per heavy atom. The minimum Gasteiger partial charge on any atom is -0.368 e. The highest BCUT2D eigenvalue weighted by Crippen LogP contribution is 2.40. The Kier molecular flexibility index (Phi) is 3.84. The van der Waals surface area contributed by atoms with Gasteiger partial charge in [0.05, 0.1) is 0 Å². The maximum Gasteiger partial charge on any atom is 0.238 e. The molecule has 2 unspecified atom stereocenters. The predicted molar refractivity (Wildman–Crippen MR) is 61.0 cm³/mol. The van der Waals surface area contributed by atoms with E-state index in [1.165, 1.54) is 0 Å². The van der Waals surface area contributed by atoms with Crippen LogP contribution in [0.3, 0.4) is 0 Å². The summed E-state index contributed by atoms with van der Waals surface area (Å²) in [5.74, 6) is 0.662. The number of carbonyl (C=O) groups is 1. The van der Waals surface area contributed by atoms with E-state index in [-0.39, 0.29) is 5.91 Å². The van der Waals surface area contributed by atoms with Crippen molar-refractivity contribution in [1.82, 2.24) is 0 Å². The molecule has 1 aliphatic carbocycles. The Balaban J connectivity index is 2.47. The zero-order chi connectivity index (χ0) is 10.8. The third kappa shape index (κ3) is 2.64. The highest BCUT2D eigenvalue weighted by atomic mass is 32.2. The van der Waals surface area contributed by atoms with Crippen molar-refractivity contribution in [1.29, 1.82) is 0 Å². The van der Waals surface area contributed by atoms with Crippen LogP contribution in [-0.2, 0) is 4.79 Å².